The van der Waals surface area contributed by atoms with E-state index in [2.05, 4.69) is 53.1 Å². The van der Waals surface area contributed by atoms with Crippen molar-refractivity contribution in [3.63, 3.8) is 0 Å². The molecule has 0 atom stereocenters. The minimum absolute atomic E-state index is 0.0984. The first-order valence-electron chi connectivity index (χ1n) is 10.4. The molecule has 160 valence electrons. The Labute approximate surface area is 189 Å². The molecule has 3 aromatic heterocycles. The second-order valence-electron chi connectivity index (χ2n) is 7.27. The smallest absolute Gasteiger partial charge is 0.223 e. The molecule has 0 spiro atoms. The number of thioether (sulfide) groups is 1. The number of benzene rings is 1. The molecule has 0 saturated carbocycles. The van der Waals surface area contributed by atoms with E-state index in [1.165, 1.54) is 21.6 Å². The molecule has 4 rings (SSSR count). The summed E-state index contributed by atoms with van der Waals surface area (Å²) in [6, 6.07) is 10.3. The number of fused-ring (bicyclic) bond motifs is 1. The molecule has 0 amide bonds. The number of aryl methyl sites for hydroxylation is 2. The van der Waals surface area contributed by atoms with E-state index >= 15 is 0 Å². The van der Waals surface area contributed by atoms with Crippen molar-refractivity contribution < 1.29 is 4.74 Å². The van der Waals surface area contributed by atoms with Crippen LogP contribution in [0.1, 0.15) is 36.4 Å². The fourth-order valence-corrected chi connectivity index (χ4v) is 5.44. The molecule has 0 aliphatic carbocycles. The summed E-state index contributed by atoms with van der Waals surface area (Å²) >= 11 is 3.30. The van der Waals surface area contributed by atoms with Crippen molar-refractivity contribution in [2.24, 2.45) is 0 Å². The maximum absolute atomic E-state index is 12.3. The van der Waals surface area contributed by atoms with E-state index in [4.69, 9.17) is 4.74 Å². The number of hydrogen-bond donors (Lipinski definition) is 1. The zero-order valence-electron chi connectivity index (χ0n) is 17.9. The van der Waals surface area contributed by atoms with Crippen molar-refractivity contribution in [2.75, 3.05) is 6.61 Å². The van der Waals surface area contributed by atoms with Gasteiger partial charge in [0, 0.05) is 34.2 Å². The van der Waals surface area contributed by atoms with Crippen molar-refractivity contribution >= 4 is 33.3 Å². The number of aromatic nitrogens is 3. The van der Waals surface area contributed by atoms with Gasteiger partial charge >= 0.3 is 0 Å². The van der Waals surface area contributed by atoms with Crippen molar-refractivity contribution in [1.82, 2.24) is 15.0 Å². The first-order chi connectivity index (χ1) is 15.1. The molecular formula is C24H25N3O2S2. The summed E-state index contributed by atoms with van der Waals surface area (Å²) in [7, 11) is 0. The number of rotatable bonds is 8. The molecule has 0 fully saturated rings. The minimum atomic E-state index is -0.0984. The van der Waals surface area contributed by atoms with Gasteiger partial charge in [0.25, 0.3) is 0 Å². The number of ether oxygens (including phenoxy) is 1. The van der Waals surface area contributed by atoms with Crippen LogP contribution in [0.15, 0.2) is 52.7 Å². The fourth-order valence-electron chi connectivity index (χ4n) is 3.44. The van der Waals surface area contributed by atoms with Crippen LogP contribution in [-0.4, -0.2) is 21.6 Å². The molecule has 0 unspecified atom stereocenters. The highest BCUT2D eigenvalue weighted by molar-refractivity contribution is 7.98. The number of pyridine rings is 1. The molecule has 0 bridgehead atoms. The normalized spacial score (nSPS) is 11.2. The Morgan fingerprint density at radius 3 is 2.68 bits per heavy atom. The third-order valence-corrected chi connectivity index (χ3v) is 7.09. The Kier molecular flexibility index (Phi) is 6.73. The van der Waals surface area contributed by atoms with Crippen LogP contribution in [0.4, 0.5) is 0 Å². The van der Waals surface area contributed by atoms with Gasteiger partial charge in [0.15, 0.2) is 5.75 Å². The molecule has 0 saturated heterocycles. The van der Waals surface area contributed by atoms with Crippen LogP contribution in [-0.2, 0) is 12.2 Å². The lowest BCUT2D eigenvalue weighted by atomic mass is 10.0. The second kappa shape index (κ2) is 9.66. The molecular weight excluding hydrogens is 426 g/mol. The second-order valence-corrected chi connectivity index (χ2v) is 9.43. The Hall–Kier alpha value is -2.64. The van der Waals surface area contributed by atoms with Gasteiger partial charge in [-0.05, 0) is 30.9 Å². The van der Waals surface area contributed by atoms with E-state index in [0.29, 0.717) is 18.1 Å². The lowest BCUT2D eigenvalue weighted by Crippen LogP contribution is -2.09. The van der Waals surface area contributed by atoms with Crippen LogP contribution in [0.3, 0.4) is 0 Å². The molecule has 3 heterocycles. The van der Waals surface area contributed by atoms with Gasteiger partial charge in [-0.15, -0.1) is 11.3 Å². The van der Waals surface area contributed by atoms with E-state index in [1.54, 1.807) is 41.7 Å². The Morgan fingerprint density at radius 1 is 1.16 bits per heavy atom. The average molecular weight is 452 g/mol. The molecule has 4 aromatic rings. The summed E-state index contributed by atoms with van der Waals surface area (Å²) in [4.78, 5) is 26.8. The number of nitrogens with zero attached hydrogens (tertiary/aromatic N) is 2. The van der Waals surface area contributed by atoms with Crippen LogP contribution in [0.25, 0.3) is 21.3 Å². The molecule has 31 heavy (non-hydrogen) atoms. The summed E-state index contributed by atoms with van der Waals surface area (Å²) in [6.07, 6.45) is 5.16. The zero-order chi connectivity index (χ0) is 21.8. The van der Waals surface area contributed by atoms with Crippen molar-refractivity contribution in [3.05, 3.63) is 69.2 Å². The quantitative estimate of drug-likeness (QED) is 0.263. The SMILES string of the molecule is CCCOc1c[nH]c(CSc2ncnc3sc(C)c(-c4ccc(CC)cc4)c23)cc1=O. The van der Waals surface area contributed by atoms with Gasteiger partial charge in [0.2, 0.25) is 5.43 Å². The molecule has 1 N–H and O–H groups in total. The van der Waals surface area contributed by atoms with Gasteiger partial charge in [0.05, 0.1) is 12.0 Å². The van der Waals surface area contributed by atoms with Crippen molar-refractivity contribution in [3.8, 4) is 16.9 Å². The van der Waals surface area contributed by atoms with Crippen LogP contribution in [0.2, 0.25) is 0 Å². The molecule has 0 radical (unpaired) electrons. The van der Waals surface area contributed by atoms with E-state index in [1.807, 2.05) is 6.92 Å². The lowest BCUT2D eigenvalue weighted by Gasteiger charge is -2.08. The summed E-state index contributed by atoms with van der Waals surface area (Å²) in [5.41, 5.74) is 4.44. The molecule has 0 aliphatic rings. The number of aromatic amines is 1. The Bertz CT molecular complexity index is 1250. The van der Waals surface area contributed by atoms with Gasteiger partial charge < -0.3 is 9.72 Å². The highest BCUT2D eigenvalue weighted by Crippen LogP contribution is 2.41. The van der Waals surface area contributed by atoms with Crippen molar-refractivity contribution in [1.29, 1.82) is 0 Å². The molecule has 1 aromatic carbocycles. The summed E-state index contributed by atoms with van der Waals surface area (Å²) < 4.78 is 5.48. The standard InChI is InChI=1S/C24H25N3O2S2/c1-4-10-29-20-12-25-18(11-19(20)28)13-30-23-22-21(15(3)31-24(22)27-14-26-23)17-8-6-16(5-2)7-9-17/h6-9,11-12,14H,4-5,10,13H2,1-3H3,(H,25,28). The first kappa shape index (κ1) is 21.6. The van der Waals surface area contributed by atoms with Gasteiger partial charge in [-0.1, -0.05) is 49.9 Å². The van der Waals surface area contributed by atoms with Gasteiger partial charge in [-0.2, -0.15) is 0 Å². The molecule has 7 heteroatoms. The maximum atomic E-state index is 12.3. The Balaban J connectivity index is 1.64. The third-order valence-electron chi connectivity index (χ3n) is 5.04. The monoisotopic (exact) mass is 451 g/mol. The number of thiophene rings is 1. The zero-order valence-corrected chi connectivity index (χ0v) is 19.5. The Morgan fingerprint density at radius 2 is 1.97 bits per heavy atom. The van der Waals surface area contributed by atoms with Gasteiger partial charge in [-0.3, -0.25) is 4.79 Å². The molecule has 0 aliphatic heterocycles. The largest absolute Gasteiger partial charge is 0.488 e. The maximum Gasteiger partial charge on any atom is 0.223 e. The lowest BCUT2D eigenvalue weighted by molar-refractivity contribution is 0.313. The van der Waals surface area contributed by atoms with E-state index in [9.17, 15) is 4.79 Å². The highest BCUT2D eigenvalue weighted by atomic mass is 32.2. The first-order valence-corrected chi connectivity index (χ1v) is 12.2. The van der Waals surface area contributed by atoms with E-state index in [0.717, 1.165) is 33.8 Å². The average Bonchev–Trinajstić information content (AvgIpc) is 3.13. The summed E-state index contributed by atoms with van der Waals surface area (Å²) in [5, 5.41) is 2.01. The highest BCUT2D eigenvalue weighted by Gasteiger charge is 2.17. The fraction of sp³-hybridized carbons (Fsp3) is 0.292. The summed E-state index contributed by atoms with van der Waals surface area (Å²) in [6.45, 7) is 6.85. The molecule has 5 nitrogen and oxygen atoms in total. The number of nitrogens with one attached hydrogen (secondary N) is 1. The van der Waals surface area contributed by atoms with Gasteiger partial charge in [0.1, 0.15) is 16.2 Å². The van der Waals surface area contributed by atoms with Gasteiger partial charge in [-0.25, -0.2) is 9.97 Å². The van der Waals surface area contributed by atoms with Crippen LogP contribution in [0.5, 0.6) is 5.75 Å². The predicted octanol–water partition coefficient (Wildman–Crippen LogP) is 6.00. The topological polar surface area (TPSA) is 67.9 Å². The summed E-state index contributed by atoms with van der Waals surface area (Å²) in [5.74, 6) is 0.977. The van der Waals surface area contributed by atoms with Crippen molar-refractivity contribution in [2.45, 2.75) is 44.4 Å². The number of hydrogen-bond acceptors (Lipinski definition) is 6. The van der Waals surface area contributed by atoms with E-state index in [-0.39, 0.29) is 5.43 Å². The number of H-pyrrole nitrogens is 1. The predicted molar refractivity (Wildman–Crippen MR) is 129 cm³/mol. The van der Waals surface area contributed by atoms with E-state index < -0.39 is 0 Å². The van der Waals surface area contributed by atoms with Crippen LogP contribution < -0.4 is 10.2 Å². The van der Waals surface area contributed by atoms with Crippen LogP contribution >= 0.6 is 23.1 Å². The minimum Gasteiger partial charge on any atom is -0.488 e. The third kappa shape index (κ3) is 4.67. The van der Waals surface area contributed by atoms with Crippen LogP contribution in [0, 0.1) is 6.92 Å².